The third-order valence-corrected chi connectivity index (χ3v) is 5.67. The summed E-state index contributed by atoms with van der Waals surface area (Å²) in [6.45, 7) is 11.6. The van der Waals surface area contributed by atoms with Crippen LogP contribution < -0.4 is 10.2 Å². The number of nitrogens with zero attached hydrogens (tertiary/aromatic N) is 1. The Morgan fingerprint density at radius 1 is 1.19 bits per heavy atom. The average Bonchev–Trinajstić information content (AvgIpc) is 3.28. The van der Waals surface area contributed by atoms with Gasteiger partial charge in [0.15, 0.2) is 0 Å². The smallest absolute Gasteiger partial charge is 0.0408 e. The lowest BCUT2D eigenvalue weighted by molar-refractivity contribution is 0.417. The summed E-state index contributed by atoms with van der Waals surface area (Å²) in [6.07, 6.45) is 5.34. The van der Waals surface area contributed by atoms with Gasteiger partial charge in [0.25, 0.3) is 0 Å². The number of benzene rings is 1. The highest BCUT2D eigenvalue weighted by Gasteiger charge is 2.40. The monoisotopic (exact) mass is 286 g/mol. The maximum Gasteiger partial charge on any atom is 0.0408 e. The predicted octanol–water partition coefficient (Wildman–Crippen LogP) is 4.08. The molecule has 21 heavy (non-hydrogen) atoms. The number of nitrogens with one attached hydrogen (secondary N) is 1. The third kappa shape index (κ3) is 2.70. The highest BCUT2D eigenvalue weighted by molar-refractivity contribution is 5.65. The Labute approximate surface area is 129 Å². The van der Waals surface area contributed by atoms with Crippen LogP contribution in [0.4, 0.5) is 5.69 Å². The van der Waals surface area contributed by atoms with Gasteiger partial charge in [0, 0.05) is 30.7 Å². The molecule has 0 atom stereocenters. The van der Waals surface area contributed by atoms with E-state index in [4.69, 9.17) is 0 Å². The number of fused-ring (bicyclic) bond motifs is 1. The van der Waals surface area contributed by atoms with Crippen molar-refractivity contribution >= 4 is 5.69 Å². The van der Waals surface area contributed by atoms with Crippen molar-refractivity contribution in [1.29, 1.82) is 0 Å². The molecule has 116 valence electrons. The lowest BCUT2D eigenvalue weighted by Gasteiger charge is -2.29. The molecular weight excluding hydrogens is 256 g/mol. The Hall–Kier alpha value is -1.02. The molecule has 2 heteroatoms. The summed E-state index contributed by atoms with van der Waals surface area (Å²) < 4.78 is 0. The summed E-state index contributed by atoms with van der Waals surface area (Å²) in [4.78, 5) is 2.58. The molecule has 0 bridgehead atoms. The van der Waals surface area contributed by atoms with Crippen molar-refractivity contribution in [3.05, 3.63) is 29.3 Å². The van der Waals surface area contributed by atoms with Crippen molar-refractivity contribution in [1.82, 2.24) is 5.32 Å². The van der Waals surface area contributed by atoms with Crippen molar-refractivity contribution in [2.24, 2.45) is 5.92 Å². The SMILES string of the molecule is CCN1CC(CC)(CC)c2c(CNCC3CC3)cccc21. The van der Waals surface area contributed by atoms with Gasteiger partial charge in [-0.1, -0.05) is 26.0 Å². The minimum absolute atomic E-state index is 0.364. The van der Waals surface area contributed by atoms with E-state index < -0.39 is 0 Å². The molecule has 1 aliphatic heterocycles. The standard InChI is InChI=1S/C19H30N2/c1-4-19(5-2)14-21(6-3)17-9-7-8-16(18(17)19)13-20-12-15-10-11-15/h7-9,15,20H,4-6,10-14H2,1-3H3. The van der Waals surface area contributed by atoms with Crippen LogP contribution in [0.5, 0.6) is 0 Å². The number of likely N-dealkylation sites (N-methyl/N-ethyl adjacent to an activating group) is 1. The van der Waals surface area contributed by atoms with E-state index in [0.717, 1.165) is 19.0 Å². The fourth-order valence-corrected chi connectivity index (χ4v) is 3.98. The predicted molar refractivity (Wildman–Crippen MR) is 91.0 cm³/mol. The van der Waals surface area contributed by atoms with E-state index in [9.17, 15) is 0 Å². The minimum Gasteiger partial charge on any atom is -0.371 e. The van der Waals surface area contributed by atoms with Gasteiger partial charge in [-0.05, 0) is 62.3 Å². The van der Waals surface area contributed by atoms with Crippen molar-refractivity contribution in [2.45, 2.75) is 58.4 Å². The van der Waals surface area contributed by atoms with Crippen LogP contribution in [0.2, 0.25) is 0 Å². The van der Waals surface area contributed by atoms with E-state index in [1.807, 2.05) is 0 Å². The first-order valence-electron chi connectivity index (χ1n) is 8.82. The summed E-state index contributed by atoms with van der Waals surface area (Å²) in [6, 6.07) is 6.92. The van der Waals surface area contributed by atoms with Crippen LogP contribution in [0.1, 0.15) is 57.6 Å². The fraction of sp³-hybridized carbons (Fsp3) is 0.684. The van der Waals surface area contributed by atoms with Crippen LogP contribution in [-0.2, 0) is 12.0 Å². The van der Waals surface area contributed by atoms with Gasteiger partial charge < -0.3 is 10.2 Å². The van der Waals surface area contributed by atoms with Gasteiger partial charge in [0.1, 0.15) is 0 Å². The second-order valence-corrected chi connectivity index (χ2v) is 6.89. The topological polar surface area (TPSA) is 15.3 Å². The Bertz CT molecular complexity index is 486. The Morgan fingerprint density at radius 2 is 1.95 bits per heavy atom. The van der Waals surface area contributed by atoms with Gasteiger partial charge in [-0.2, -0.15) is 0 Å². The summed E-state index contributed by atoms with van der Waals surface area (Å²) in [5.74, 6) is 0.955. The van der Waals surface area contributed by atoms with E-state index in [2.05, 4.69) is 49.2 Å². The number of hydrogen-bond acceptors (Lipinski definition) is 2. The molecule has 0 saturated heterocycles. The van der Waals surface area contributed by atoms with Crippen LogP contribution in [0.15, 0.2) is 18.2 Å². The molecule has 0 aromatic heterocycles. The van der Waals surface area contributed by atoms with Crippen LogP contribution >= 0.6 is 0 Å². The molecule has 0 radical (unpaired) electrons. The normalized spacial score (nSPS) is 19.9. The molecule has 1 fully saturated rings. The molecule has 1 aromatic carbocycles. The van der Waals surface area contributed by atoms with Gasteiger partial charge in [0.2, 0.25) is 0 Å². The highest BCUT2D eigenvalue weighted by Crippen LogP contribution is 2.46. The van der Waals surface area contributed by atoms with Crippen molar-refractivity contribution < 1.29 is 0 Å². The van der Waals surface area contributed by atoms with Crippen LogP contribution in [0.3, 0.4) is 0 Å². The zero-order valence-electron chi connectivity index (χ0n) is 13.9. The Kier molecular flexibility index (Phi) is 4.26. The zero-order valence-corrected chi connectivity index (χ0v) is 13.9. The van der Waals surface area contributed by atoms with Gasteiger partial charge in [-0.15, -0.1) is 0 Å². The van der Waals surface area contributed by atoms with Crippen LogP contribution in [0.25, 0.3) is 0 Å². The molecule has 0 unspecified atom stereocenters. The van der Waals surface area contributed by atoms with Gasteiger partial charge in [-0.3, -0.25) is 0 Å². The molecule has 1 heterocycles. The van der Waals surface area contributed by atoms with Crippen molar-refractivity contribution in [3.8, 4) is 0 Å². The molecule has 1 aliphatic carbocycles. The van der Waals surface area contributed by atoms with Crippen LogP contribution in [-0.4, -0.2) is 19.6 Å². The first-order chi connectivity index (χ1) is 10.2. The lowest BCUT2D eigenvalue weighted by Crippen LogP contribution is -2.33. The molecule has 0 amide bonds. The number of rotatable bonds is 7. The molecule has 0 spiro atoms. The van der Waals surface area contributed by atoms with Crippen LogP contribution in [0, 0.1) is 5.92 Å². The molecule has 1 saturated carbocycles. The lowest BCUT2D eigenvalue weighted by atomic mass is 9.75. The molecule has 1 N–H and O–H groups in total. The van der Waals surface area contributed by atoms with Crippen molar-refractivity contribution in [2.75, 3.05) is 24.5 Å². The number of hydrogen-bond donors (Lipinski definition) is 1. The maximum atomic E-state index is 3.69. The fourth-order valence-electron chi connectivity index (χ4n) is 3.98. The molecule has 3 rings (SSSR count). The van der Waals surface area contributed by atoms with E-state index in [1.165, 1.54) is 50.0 Å². The molecule has 2 aliphatic rings. The first-order valence-corrected chi connectivity index (χ1v) is 8.82. The Balaban J connectivity index is 1.89. The van der Waals surface area contributed by atoms with E-state index in [1.54, 1.807) is 5.56 Å². The number of anilines is 1. The molecular formula is C19H30N2. The van der Waals surface area contributed by atoms with Gasteiger partial charge >= 0.3 is 0 Å². The Morgan fingerprint density at radius 3 is 2.57 bits per heavy atom. The van der Waals surface area contributed by atoms with E-state index in [0.29, 0.717) is 5.41 Å². The largest absolute Gasteiger partial charge is 0.371 e. The second kappa shape index (κ2) is 6.00. The highest BCUT2D eigenvalue weighted by atomic mass is 15.2. The zero-order chi connectivity index (χ0) is 14.9. The molecule has 2 nitrogen and oxygen atoms in total. The maximum absolute atomic E-state index is 3.69. The average molecular weight is 286 g/mol. The van der Waals surface area contributed by atoms with E-state index in [-0.39, 0.29) is 0 Å². The molecule has 1 aromatic rings. The summed E-state index contributed by atoms with van der Waals surface area (Å²) in [7, 11) is 0. The van der Waals surface area contributed by atoms with Gasteiger partial charge in [0.05, 0.1) is 0 Å². The minimum atomic E-state index is 0.364. The second-order valence-electron chi connectivity index (χ2n) is 6.89. The summed E-state index contributed by atoms with van der Waals surface area (Å²) in [5, 5.41) is 3.69. The van der Waals surface area contributed by atoms with Crippen molar-refractivity contribution in [3.63, 3.8) is 0 Å². The summed E-state index contributed by atoms with van der Waals surface area (Å²) >= 11 is 0. The first kappa shape index (κ1) is 14.9. The van der Waals surface area contributed by atoms with Gasteiger partial charge in [-0.25, -0.2) is 0 Å². The third-order valence-electron chi connectivity index (χ3n) is 5.67. The summed E-state index contributed by atoms with van der Waals surface area (Å²) in [5.41, 5.74) is 5.03. The quantitative estimate of drug-likeness (QED) is 0.812. The van der Waals surface area contributed by atoms with E-state index >= 15 is 0 Å².